The number of hydrogen-bond donors (Lipinski definition) is 4. The quantitative estimate of drug-likeness (QED) is 0.0755. The van der Waals surface area contributed by atoms with Crippen LogP contribution in [0.15, 0.2) is 67.1 Å². The zero-order valence-electron chi connectivity index (χ0n) is 31.0. The Balaban J connectivity index is 0.817. The molecule has 1 fully saturated rings. The van der Waals surface area contributed by atoms with Gasteiger partial charge in [-0.05, 0) is 54.8 Å². The molecule has 4 N–H and O–H groups in total. The maximum absolute atomic E-state index is 13.2. The maximum atomic E-state index is 13.2. The average Bonchev–Trinajstić information content (AvgIpc) is 3.46. The first-order chi connectivity index (χ1) is 27.2. The van der Waals surface area contributed by atoms with Gasteiger partial charge < -0.3 is 34.7 Å². The van der Waals surface area contributed by atoms with E-state index in [0.717, 1.165) is 21.4 Å². The minimum Gasteiger partial charge on any atom is -0.505 e. The summed E-state index contributed by atoms with van der Waals surface area (Å²) in [5, 5.41) is 20.3. The van der Waals surface area contributed by atoms with Crippen molar-refractivity contribution in [3.05, 3.63) is 94.9 Å². The lowest BCUT2D eigenvalue weighted by Gasteiger charge is -2.27. The minimum absolute atomic E-state index is 0.00748. The van der Waals surface area contributed by atoms with Crippen molar-refractivity contribution in [3.63, 3.8) is 0 Å². The Bertz CT molecular complexity index is 2060. The molecule has 2 aliphatic heterocycles. The molecule has 0 saturated carbocycles. The van der Waals surface area contributed by atoms with Crippen LogP contribution < -0.4 is 16.0 Å². The van der Waals surface area contributed by atoms with E-state index in [2.05, 4.69) is 25.9 Å². The Labute approximate surface area is 322 Å². The van der Waals surface area contributed by atoms with Crippen LogP contribution in [0, 0.1) is 6.92 Å². The lowest BCUT2D eigenvalue weighted by atomic mass is 9.94. The standard InChI is InChI=1S/C40H44N6O10/c1-25-23-29(37(49)36-27(25)7-4-13-43-36)35(26-5-3-12-41-24-26)44-33(48)11-15-53-17-19-55-21-22-56-20-18-54-16-14-42-30-8-2-6-28-34(30)40(52)46(39(28)51)31-9-10-32(47)45-38(31)50/h2-8,12-13,23-24,31,35,42,49H,9-11,14-22H2,1H3,(H,44,48)(H,45,47,50). The Morgan fingerprint density at radius 1 is 0.911 bits per heavy atom. The molecule has 5 amide bonds. The van der Waals surface area contributed by atoms with Crippen LogP contribution in [0.4, 0.5) is 5.69 Å². The van der Waals surface area contributed by atoms with Gasteiger partial charge in [-0.15, -0.1) is 0 Å². The highest BCUT2D eigenvalue weighted by molar-refractivity contribution is 6.25. The molecular formula is C40H44N6O10. The van der Waals surface area contributed by atoms with Crippen molar-refractivity contribution in [1.29, 1.82) is 0 Å². The molecule has 0 radical (unpaired) electrons. The number of piperidine rings is 1. The van der Waals surface area contributed by atoms with Crippen LogP contribution in [0.2, 0.25) is 0 Å². The van der Waals surface area contributed by atoms with Crippen molar-refractivity contribution in [3.8, 4) is 5.75 Å². The molecule has 0 spiro atoms. The number of nitrogens with zero attached hydrogens (tertiary/aromatic N) is 3. The van der Waals surface area contributed by atoms with Gasteiger partial charge in [-0.3, -0.25) is 44.2 Å². The molecule has 0 aliphatic carbocycles. The smallest absolute Gasteiger partial charge is 0.264 e. The Morgan fingerprint density at radius 3 is 2.34 bits per heavy atom. The van der Waals surface area contributed by atoms with Crippen LogP contribution in [0.5, 0.6) is 5.75 Å². The molecule has 16 heteroatoms. The molecule has 0 bridgehead atoms. The van der Waals surface area contributed by atoms with Crippen molar-refractivity contribution >= 4 is 46.1 Å². The zero-order chi connectivity index (χ0) is 39.4. The highest BCUT2D eigenvalue weighted by Gasteiger charge is 2.45. The third kappa shape index (κ3) is 9.52. The van der Waals surface area contributed by atoms with E-state index < -0.39 is 35.7 Å². The van der Waals surface area contributed by atoms with Crippen molar-refractivity contribution < 1.29 is 48.0 Å². The van der Waals surface area contributed by atoms with Gasteiger partial charge in [0.2, 0.25) is 17.7 Å². The van der Waals surface area contributed by atoms with E-state index in [1.807, 2.05) is 31.2 Å². The van der Waals surface area contributed by atoms with Crippen LogP contribution in [0.3, 0.4) is 0 Å². The molecular weight excluding hydrogens is 724 g/mol. The number of pyridine rings is 2. The number of anilines is 1. The summed E-state index contributed by atoms with van der Waals surface area (Å²) >= 11 is 0. The lowest BCUT2D eigenvalue weighted by molar-refractivity contribution is -0.136. The maximum Gasteiger partial charge on any atom is 0.264 e. The van der Waals surface area contributed by atoms with E-state index >= 15 is 0 Å². The van der Waals surface area contributed by atoms with Crippen LogP contribution in [0.25, 0.3) is 10.9 Å². The van der Waals surface area contributed by atoms with Gasteiger partial charge in [0.1, 0.15) is 17.3 Å². The summed E-state index contributed by atoms with van der Waals surface area (Å²) in [6, 6.07) is 12.4. The number of imide groups is 2. The van der Waals surface area contributed by atoms with E-state index in [9.17, 15) is 29.1 Å². The summed E-state index contributed by atoms with van der Waals surface area (Å²) in [6.45, 7) is 4.79. The highest BCUT2D eigenvalue weighted by atomic mass is 16.6. The highest BCUT2D eigenvalue weighted by Crippen LogP contribution is 2.36. The van der Waals surface area contributed by atoms with Crippen LogP contribution in [-0.2, 0) is 33.3 Å². The Morgan fingerprint density at radius 2 is 1.62 bits per heavy atom. The summed E-state index contributed by atoms with van der Waals surface area (Å²) in [4.78, 5) is 72.5. The largest absolute Gasteiger partial charge is 0.505 e. The third-order valence-corrected chi connectivity index (χ3v) is 9.36. The van der Waals surface area contributed by atoms with Gasteiger partial charge in [-0.25, -0.2) is 0 Å². The molecule has 6 rings (SSSR count). The van der Waals surface area contributed by atoms with Crippen molar-refractivity contribution in [1.82, 2.24) is 25.5 Å². The topological polar surface area (TPSA) is 208 Å². The molecule has 16 nitrogen and oxygen atoms in total. The van der Waals surface area contributed by atoms with Gasteiger partial charge in [0, 0.05) is 54.6 Å². The normalized spacial score (nSPS) is 15.9. The van der Waals surface area contributed by atoms with E-state index in [-0.39, 0.29) is 48.7 Å². The molecule has 4 aromatic rings. The summed E-state index contributed by atoms with van der Waals surface area (Å²) in [5.74, 6) is -2.46. The number of fused-ring (bicyclic) bond motifs is 2. The van der Waals surface area contributed by atoms with E-state index in [4.69, 9.17) is 18.9 Å². The van der Waals surface area contributed by atoms with Crippen LogP contribution in [0.1, 0.15) is 62.7 Å². The molecule has 2 atom stereocenters. The summed E-state index contributed by atoms with van der Waals surface area (Å²) < 4.78 is 22.3. The van der Waals surface area contributed by atoms with E-state index in [0.29, 0.717) is 69.6 Å². The number of phenolic OH excluding ortho intramolecular Hbond substituents is 1. The summed E-state index contributed by atoms with van der Waals surface area (Å²) in [6.07, 6.45) is 5.17. The first-order valence-corrected chi connectivity index (χ1v) is 18.4. The van der Waals surface area contributed by atoms with Gasteiger partial charge in [0.05, 0.1) is 70.0 Å². The fourth-order valence-corrected chi connectivity index (χ4v) is 6.62. The van der Waals surface area contributed by atoms with E-state index in [1.54, 1.807) is 42.9 Å². The first kappa shape index (κ1) is 39.9. The van der Waals surface area contributed by atoms with Gasteiger partial charge in [0.25, 0.3) is 11.8 Å². The number of ether oxygens (including phenoxy) is 4. The van der Waals surface area contributed by atoms with E-state index in [1.165, 1.54) is 0 Å². The molecule has 2 aromatic carbocycles. The second-order valence-corrected chi connectivity index (χ2v) is 13.1. The molecule has 56 heavy (non-hydrogen) atoms. The van der Waals surface area contributed by atoms with Crippen molar-refractivity contribution in [2.24, 2.45) is 0 Å². The fourth-order valence-electron chi connectivity index (χ4n) is 6.62. The minimum atomic E-state index is -1.03. The van der Waals surface area contributed by atoms with Crippen molar-refractivity contribution in [2.45, 2.75) is 38.3 Å². The summed E-state index contributed by atoms with van der Waals surface area (Å²) in [7, 11) is 0. The number of aromatic hydroxyl groups is 1. The number of amides is 5. The van der Waals surface area contributed by atoms with Gasteiger partial charge >= 0.3 is 0 Å². The number of phenols is 1. The van der Waals surface area contributed by atoms with Crippen LogP contribution in [-0.4, -0.2) is 115 Å². The Hall–Kier alpha value is -5.81. The predicted molar refractivity (Wildman–Crippen MR) is 202 cm³/mol. The van der Waals surface area contributed by atoms with Gasteiger partial charge in [-0.2, -0.15) is 0 Å². The SMILES string of the molecule is Cc1cc(C(NC(=O)CCOCCOCCOCCOCCNc2cccc3c2C(=O)N(C2CCC(=O)NC2=O)C3=O)c2cccnc2)c(O)c2ncccc12. The molecule has 4 heterocycles. The first-order valence-electron chi connectivity index (χ1n) is 18.4. The molecule has 2 aromatic heterocycles. The number of nitrogens with one attached hydrogen (secondary N) is 3. The molecule has 2 unspecified atom stereocenters. The number of aryl methyl sites for hydroxylation is 1. The number of hydrogen-bond acceptors (Lipinski definition) is 13. The molecule has 294 valence electrons. The number of carbonyl (C=O) groups excluding carboxylic acids is 5. The monoisotopic (exact) mass is 768 g/mol. The van der Waals surface area contributed by atoms with Gasteiger partial charge in [-0.1, -0.05) is 18.2 Å². The second-order valence-electron chi connectivity index (χ2n) is 13.1. The average molecular weight is 769 g/mol. The lowest BCUT2D eigenvalue weighted by Crippen LogP contribution is -2.54. The summed E-state index contributed by atoms with van der Waals surface area (Å²) in [5.41, 5.74) is 3.50. The van der Waals surface area contributed by atoms with Gasteiger partial charge in [0.15, 0.2) is 0 Å². The third-order valence-electron chi connectivity index (χ3n) is 9.36. The number of aromatic nitrogens is 2. The second kappa shape index (κ2) is 19.2. The number of benzene rings is 2. The fraction of sp³-hybridized carbons (Fsp3) is 0.375. The number of rotatable bonds is 20. The Kier molecular flexibility index (Phi) is 13.6. The van der Waals surface area contributed by atoms with Crippen LogP contribution >= 0.6 is 0 Å². The molecule has 2 aliphatic rings. The zero-order valence-corrected chi connectivity index (χ0v) is 31.0. The number of carbonyl (C=O) groups is 5. The van der Waals surface area contributed by atoms with Crippen molar-refractivity contribution in [2.75, 3.05) is 64.7 Å². The predicted octanol–water partition coefficient (Wildman–Crippen LogP) is 2.82. The molecule has 1 saturated heterocycles.